The number of fused-ring (bicyclic) bond motifs is 1. The molecule has 0 N–H and O–H groups in total. The van der Waals surface area contributed by atoms with Crippen LogP contribution in [0.1, 0.15) is 11.4 Å². The average molecular weight is 448 g/mol. The minimum Gasteiger partial charge on any atom is -0.268 e. The Hall–Kier alpha value is -3.58. The first kappa shape index (κ1) is 18.8. The predicted molar refractivity (Wildman–Crippen MR) is 117 cm³/mol. The average Bonchev–Trinajstić information content (AvgIpc) is 2.73. The first-order valence-corrected chi connectivity index (χ1v) is 9.52. The van der Waals surface area contributed by atoms with Crippen molar-refractivity contribution in [2.24, 2.45) is 0 Å². The van der Waals surface area contributed by atoms with Gasteiger partial charge in [-0.1, -0.05) is 34.1 Å². The maximum absolute atomic E-state index is 13.2. The van der Waals surface area contributed by atoms with Crippen LogP contribution in [0, 0.1) is 10.1 Å². The van der Waals surface area contributed by atoms with E-state index in [0.29, 0.717) is 22.4 Å². The number of benzene rings is 3. The van der Waals surface area contributed by atoms with Gasteiger partial charge in [0.25, 0.3) is 11.2 Å². The van der Waals surface area contributed by atoms with Crippen molar-refractivity contribution in [2.75, 3.05) is 0 Å². The quantitative estimate of drug-likeness (QED) is 0.317. The van der Waals surface area contributed by atoms with Gasteiger partial charge in [0.1, 0.15) is 5.82 Å². The van der Waals surface area contributed by atoms with Gasteiger partial charge in [0.05, 0.1) is 21.5 Å². The third kappa shape index (κ3) is 3.86. The van der Waals surface area contributed by atoms with Gasteiger partial charge in [-0.15, -0.1) is 0 Å². The molecule has 0 aliphatic rings. The van der Waals surface area contributed by atoms with Crippen molar-refractivity contribution >= 4 is 44.7 Å². The molecule has 7 heteroatoms. The van der Waals surface area contributed by atoms with Crippen molar-refractivity contribution in [1.29, 1.82) is 0 Å². The van der Waals surface area contributed by atoms with Crippen molar-refractivity contribution in [3.8, 4) is 5.69 Å². The molecule has 0 aliphatic heterocycles. The normalized spacial score (nSPS) is 11.2. The molecule has 0 unspecified atom stereocenters. The molecule has 0 fully saturated rings. The fourth-order valence-electron chi connectivity index (χ4n) is 2.98. The van der Waals surface area contributed by atoms with Crippen molar-refractivity contribution < 1.29 is 4.92 Å². The Labute approximate surface area is 174 Å². The van der Waals surface area contributed by atoms with Crippen molar-refractivity contribution in [2.45, 2.75) is 0 Å². The van der Waals surface area contributed by atoms with Gasteiger partial charge in [-0.05, 0) is 60.2 Å². The van der Waals surface area contributed by atoms with E-state index < -0.39 is 4.92 Å². The Morgan fingerprint density at radius 3 is 2.31 bits per heavy atom. The SMILES string of the molecule is O=c1c2ccccc2nc(/C=C\c2ccc([N+](=O)[O-])cc2)n1-c1ccc(Br)cc1. The summed E-state index contributed by atoms with van der Waals surface area (Å²) < 4.78 is 2.46. The van der Waals surface area contributed by atoms with Gasteiger partial charge >= 0.3 is 0 Å². The van der Waals surface area contributed by atoms with E-state index >= 15 is 0 Å². The standard InChI is InChI=1S/C22H14BrN3O3/c23-16-8-12-17(13-9-16)25-21(24-20-4-2-1-3-19(20)22(25)27)14-7-15-5-10-18(11-6-15)26(28)29/h1-14H/b14-7-. The topological polar surface area (TPSA) is 78.0 Å². The number of nitrogens with zero attached hydrogens (tertiary/aromatic N) is 3. The molecule has 142 valence electrons. The van der Waals surface area contributed by atoms with E-state index in [4.69, 9.17) is 0 Å². The van der Waals surface area contributed by atoms with E-state index in [0.717, 1.165) is 10.0 Å². The zero-order valence-electron chi connectivity index (χ0n) is 15.0. The second-order valence-electron chi connectivity index (χ2n) is 6.29. The highest BCUT2D eigenvalue weighted by molar-refractivity contribution is 9.10. The molecule has 6 nitrogen and oxygen atoms in total. The van der Waals surface area contributed by atoms with E-state index in [1.807, 2.05) is 36.4 Å². The lowest BCUT2D eigenvalue weighted by molar-refractivity contribution is -0.384. The summed E-state index contributed by atoms with van der Waals surface area (Å²) in [5.41, 5.74) is 1.92. The minimum absolute atomic E-state index is 0.0257. The molecular formula is C22H14BrN3O3. The molecule has 0 atom stereocenters. The van der Waals surface area contributed by atoms with E-state index in [9.17, 15) is 14.9 Å². The number of nitro groups is 1. The van der Waals surface area contributed by atoms with Crippen LogP contribution in [0.5, 0.6) is 0 Å². The zero-order chi connectivity index (χ0) is 20.4. The third-order valence-electron chi connectivity index (χ3n) is 4.42. The van der Waals surface area contributed by atoms with Crippen LogP contribution in [-0.4, -0.2) is 14.5 Å². The summed E-state index contributed by atoms with van der Waals surface area (Å²) >= 11 is 3.41. The minimum atomic E-state index is -0.441. The number of rotatable bonds is 4. The first-order valence-electron chi connectivity index (χ1n) is 8.73. The predicted octanol–water partition coefficient (Wildman–Crippen LogP) is 5.23. The lowest BCUT2D eigenvalue weighted by Gasteiger charge is -2.11. The van der Waals surface area contributed by atoms with Gasteiger partial charge in [0.2, 0.25) is 0 Å². The van der Waals surface area contributed by atoms with Crippen molar-refractivity contribution in [3.05, 3.63) is 109 Å². The fourth-order valence-corrected chi connectivity index (χ4v) is 3.24. The monoisotopic (exact) mass is 447 g/mol. The van der Waals surface area contributed by atoms with E-state index in [1.165, 1.54) is 12.1 Å². The van der Waals surface area contributed by atoms with Gasteiger partial charge in [0, 0.05) is 16.6 Å². The summed E-state index contributed by atoms with van der Waals surface area (Å²) in [6, 6.07) is 20.8. The Balaban J connectivity index is 1.86. The smallest absolute Gasteiger partial charge is 0.268 e. The molecular weight excluding hydrogens is 434 g/mol. The lowest BCUT2D eigenvalue weighted by Crippen LogP contribution is -2.22. The van der Waals surface area contributed by atoms with Gasteiger partial charge < -0.3 is 0 Å². The molecule has 0 saturated carbocycles. The Morgan fingerprint density at radius 1 is 0.931 bits per heavy atom. The highest BCUT2D eigenvalue weighted by Crippen LogP contribution is 2.18. The van der Waals surface area contributed by atoms with Crippen LogP contribution in [0.2, 0.25) is 0 Å². The second kappa shape index (κ2) is 7.81. The molecule has 0 radical (unpaired) electrons. The second-order valence-corrected chi connectivity index (χ2v) is 7.20. The van der Waals surface area contributed by atoms with Crippen LogP contribution in [0.25, 0.3) is 28.7 Å². The van der Waals surface area contributed by atoms with Gasteiger partial charge in [-0.2, -0.15) is 0 Å². The highest BCUT2D eigenvalue weighted by atomic mass is 79.9. The van der Waals surface area contributed by atoms with Crippen LogP contribution >= 0.6 is 15.9 Å². The summed E-state index contributed by atoms with van der Waals surface area (Å²) in [5.74, 6) is 0.467. The summed E-state index contributed by atoms with van der Waals surface area (Å²) in [5, 5.41) is 11.3. The number of para-hydroxylation sites is 1. The maximum atomic E-state index is 13.2. The Kier molecular flexibility index (Phi) is 5.05. The number of hydrogen-bond acceptors (Lipinski definition) is 4. The van der Waals surface area contributed by atoms with E-state index in [-0.39, 0.29) is 11.2 Å². The largest absolute Gasteiger partial charge is 0.269 e. The summed E-state index contributed by atoms with van der Waals surface area (Å²) in [4.78, 5) is 28.2. The molecule has 1 heterocycles. The summed E-state index contributed by atoms with van der Waals surface area (Å²) in [6.07, 6.45) is 3.51. The number of halogens is 1. The molecule has 3 aromatic carbocycles. The molecule has 0 spiro atoms. The molecule has 0 bridgehead atoms. The van der Waals surface area contributed by atoms with Crippen LogP contribution in [0.15, 0.2) is 82.1 Å². The summed E-state index contributed by atoms with van der Waals surface area (Å²) in [7, 11) is 0. The molecule has 1 aromatic heterocycles. The molecule has 0 aliphatic carbocycles. The van der Waals surface area contributed by atoms with Gasteiger partial charge in [-0.25, -0.2) is 4.98 Å². The van der Waals surface area contributed by atoms with Gasteiger partial charge in [0.15, 0.2) is 0 Å². The number of hydrogen-bond donors (Lipinski definition) is 0. The Morgan fingerprint density at radius 2 is 1.62 bits per heavy atom. The Bertz CT molecular complexity index is 1290. The van der Waals surface area contributed by atoms with Crippen molar-refractivity contribution in [1.82, 2.24) is 9.55 Å². The number of non-ortho nitro benzene ring substituents is 1. The summed E-state index contributed by atoms with van der Waals surface area (Å²) in [6.45, 7) is 0. The van der Waals surface area contributed by atoms with E-state index in [1.54, 1.807) is 41.0 Å². The van der Waals surface area contributed by atoms with Crippen molar-refractivity contribution in [3.63, 3.8) is 0 Å². The van der Waals surface area contributed by atoms with Crippen LogP contribution in [-0.2, 0) is 0 Å². The number of aromatic nitrogens is 2. The van der Waals surface area contributed by atoms with Crippen LogP contribution in [0.4, 0.5) is 5.69 Å². The maximum Gasteiger partial charge on any atom is 0.269 e. The first-order chi connectivity index (χ1) is 14.0. The van der Waals surface area contributed by atoms with E-state index in [2.05, 4.69) is 20.9 Å². The number of nitro benzene ring substituents is 1. The lowest BCUT2D eigenvalue weighted by atomic mass is 10.2. The van der Waals surface area contributed by atoms with Crippen LogP contribution in [0.3, 0.4) is 0 Å². The van der Waals surface area contributed by atoms with Crippen LogP contribution < -0.4 is 5.56 Å². The molecule has 4 aromatic rings. The van der Waals surface area contributed by atoms with Gasteiger partial charge in [-0.3, -0.25) is 19.5 Å². The zero-order valence-corrected chi connectivity index (χ0v) is 16.6. The molecule has 4 rings (SSSR count). The fraction of sp³-hybridized carbons (Fsp3) is 0. The molecule has 29 heavy (non-hydrogen) atoms. The molecule has 0 saturated heterocycles. The third-order valence-corrected chi connectivity index (χ3v) is 4.94. The molecule has 0 amide bonds. The highest BCUT2D eigenvalue weighted by Gasteiger charge is 2.11.